The monoisotopic (exact) mass is 332 g/mol. The van der Waals surface area contributed by atoms with Crippen molar-refractivity contribution in [2.45, 2.75) is 33.9 Å². The maximum Gasteiger partial charge on any atom is 0.240 e. The Hall–Kier alpha value is -2.07. The summed E-state index contributed by atoms with van der Waals surface area (Å²) in [5, 5.41) is 1.46. The minimum atomic E-state index is -0.261. The van der Waals surface area contributed by atoms with Gasteiger partial charge in [0.1, 0.15) is 23.1 Å². The number of nitrogens with zero attached hydrogens (tertiary/aromatic N) is 2. The number of rotatable bonds is 4. The molecular formula is C18H18ClFN2O. The van der Waals surface area contributed by atoms with E-state index in [1.54, 1.807) is 12.1 Å². The van der Waals surface area contributed by atoms with Gasteiger partial charge in [-0.25, -0.2) is 4.39 Å². The molecule has 1 aromatic carbocycles. The zero-order chi connectivity index (χ0) is 16.6. The van der Waals surface area contributed by atoms with Gasteiger partial charge in [-0.2, -0.15) is 4.98 Å². The van der Waals surface area contributed by atoms with Crippen LogP contribution in [0.25, 0.3) is 10.9 Å². The van der Waals surface area contributed by atoms with Gasteiger partial charge in [0.15, 0.2) is 0 Å². The van der Waals surface area contributed by atoms with Crippen molar-refractivity contribution >= 4 is 22.5 Å². The molecule has 23 heavy (non-hydrogen) atoms. The molecule has 0 saturated heterocycles. The van der Waals surface area contributed by atoms with Gasteiger partial charge in [0.2, 0.25) is 5.88 Å². The Balaban J connectivity index is 2.02. The van der Waals surface area contributed by atoms with Crippen molar-refractivity contribution in [2.24, 2.45) is 0 Å². The van der Waals surface area contributed by atoms with Crippen LogP contribution in [0.3, 0.4) is 0 Å². The molecule has 0 saturated carbocycles. The lowest BCUT2D eigenvalue weighted by molar-refractivity contribution is 0.296. The number of ether oxygens (including phenoxy) is 1. The summed E-state index contributed by atoms with van der Waals surface area (Å²) in [6.45, 7) is 7.38. The van der Waals surface area contributed by atoms with E-state index in [1.165, 1.54) is 23.4 Å². The Bertz CT molecular complexity index is 856. The smallest absolute Gasteiger partial charge is 0.240 e. The normalized spacial score (nSPS) is 11.2. The minimum Gasteiger partial charge on any atom is -0.471 e. The first-order valence-corrected chi connectivity index (χ1v) is 7.92. The van der Waals surface area contributed by atoms with Gasteiger partial charge in [0.25, 0.3) is 0 Å². The van der Waals surface area contributed by atoms with Crippen molar-refractivity contribution < 1.29 is 9.13 Å². The highest BCUT2D eigenvalue weighted by atomic mass is 35.5. The molecule has 5 heteroatoms. The van der Waals surface area contributed by atoms with Crippen molar-refractivity contribution in [1.29, 1.82) is 0 Å². The summed E-state index contributed by atoms with van der Waals surface area (Å²) in [5.41, 5.74) is 4.19. The Morgan fingerprint density at radius 3 is 2.57 bits per heavy atom. The Labute approximate surface area is 139 Å². The van der Waals surface area contributed by atoms with Crippen LogP contribution in [0.1, 0.15) is 23.7 Å². The fourth-order valence-electron chi connectivity index (χ4n) is 2.82. The van der Waals surface area contributed by atoms with E-state index in [0.29, 0.717) is 17.6 Å². The van der Waals surface area contributed by atoms with Crippen molar-refractivity contribution in [3.63, 3.8) is 0 Å². The molecule has 0 unspecified atom stereocenters. The van der Waals surface area contributed by atoms with Crippen LogP contribution >= 0.6 is 11.6 Å². The SMILES string of the molecule is CCn1c(C)c(C)c2cc(Cl)nc(OCc3ccc(F)cc3)c21. The fraction of sp³-hybridized carbons (Fsp3) is 0.278. The molecule has 3 rings (SSSR count). The molecule has 0 N–H and O–H groups in total. The summed E-state index contributed by atoms with van der Waals surface area (Å²) in [6, 6.07) is 8.11. The van der Waals surface area contributed by atoms with Gasteiger partial charge in [0.05, 0.1) is 0 Å². The number of aryl methyl sites for hydroxylation is 2. The maximum atomic E-state index is 13.0. The predicted molar refractivity (Wildman–Crippen MR) is 90.6 cm³/mol. The third kappa shape index (κ3) is 2.91. The highest BCUT2D eigenvalue weighted by Crippen LogP contribution is 2.33. The van der Waals surface area contributed by atoms with Gasteiger partial charge in [-0.05, 0) is 50.1 Å². The number of benzene rings is 1. The van der Waals surface area contributed by atoms with E-state index in [4.69, 9.17) is 16.3 Å². The van der Waals surface area contributed by atoms with E-state index in [1.807, 2.05) is 6.07 Å². The van der Waals surface area contributed by atoms with Crippen LogP contribution in [0.2, 0.25) is 5.15 Å². The fourth-order valence-corrected chi connectivity index (χ4v) is 3.01. The van der Waals surface area contributed by atoms with Crippen LogP contribution in [0.15, 0.2) is 30.3 Å². The van der Waals surface area contributed by atoms with Crippen LogP contribution in [0, 0.1) is 19.7 Å². The lowest BCUT2D eigenvalue weighted by Crippen LogP contribution is -2.02. The molecule has 0 aliphatic heterocycles. The minimum absolute atomic E-state index is 0.261. The lowest BCUT2D eigenvalue weighted by atomic mass is 10.2. The zero-order valence-corrected chi connectivity index (χ0v) is 14.1. The van der Waals surface area contributed by atoms with Gasteiger partial charge < -0.3 is 9.30 Å². The van der Waals surface area contributed by atoms with E-state index < -0.39 is 0 Å². The Kier molecular flexibility index (Phi) is 4.26. The van der Waals surface area contributed by atoms with Crippen molar-refractivity contribution in [3.05, 3.63) is 58.1 Å². The molecule has 0 amide bonds. The quantitative estimate of drug-likeness (QED) is 0.625. The number of hydrogen-bond acceptors (Lipinski definition) is 2. The average molecular weight is 333 g/mol. The van der Waals surface area contributed by atoms with Gasteiger partial charge in [-0.1, -0.05) is 23.7 Å². The highest BCUT2D eigenvalue weighted by Gasteiger charge is 2.17. The maximum absolute atomic E-state index is 13.0. The largest absolute Gasteiger partial charge is 0.471 e. The van der Waals surface area contributed by atoms with Gasteiger partial charge in [-0.3, -0.25) is 0 Å². The molecule has 0 fully saturated rings. The molecule has 0 radical (unpaired) electrons. The molecule has 0 atom stereocenters. The average Bonchev–Trinajstić information content (AvgIpc) is 2.78. The molecule has 2 aromatic heterocycles. The van der Waals surface area contributed by atoms with E-state index >= 15 is 0 Å². The second-order valence-corrected chi connectivity index (χ2v) is 5.90. The molecular weight excluding hydrogens is 315 g/mol. The van der Waals surface area contributed by atoms with Crippen LogP contribution in [-0.4, -0.2) is 9.55 Å². The van der Waals surface area contributed by atoms with Crippen molar-refractivity contribution in [3.8, 4) is 5.88 Å². The lowest BCUT2D eigenvalue weighted by Gasteiger charge is -2.11. The molecule has 120 valence electrons. The summed E-state index contributed by atoms with van der Waals surface area (Å²) < 4.78 is 21.1. The van der Waals surface area contributed by atoms with E-state index in [9.17, 15) is 4.39 Å². The summed E-state index contributed by atoms with van der Waals surface area (Å²) in [7, 11) is 0. The van der Waals surface area contributed by atoms with E-state index in [-0.39, 0.29) is 5.82 Å². The second kappa shape index (κ2) is 6.20. The molecule has 0 aliphatic carbocycles. The second-order valence-electron chi connectivity index (χ2n) is 5.52. The number of hydrogen-bond donors (Lipinski definition) is 0. The Morgan fingerprint density at radius 1 is 1.22 bits per heavy atom. The third-order valence-electron chi connectivity index (χ3n) is 4.16. The molecule has 2 heterocycles. The van der Waals surface area contributed by atoms with Gasteiger partial charge in [-0.15, -0.1) is 0 Å². The predicted octanol–water partition coefficient (Wildman–Crippen LogP) is 5.04. The highest BCUT2D eigenvalue weighted by molar-refractivity contribution is 6.30. The molecule has 3 aromatic rings. The topological polar surface area (TPSA) is 27.1 Å². The van der Waals surface area contributed by atoms with Crippen LogP contribution in [-0.2, 0) is 13.2 Å². The molecule has 0 bridgehead atoms. The van der Waals surface area contributed by atoms with Crippen LogP contribution in [0.4, 0.5) is 4.39 Å². The number of pyridine rings is 1. The van der Waals surface area contributed by atoms with E-state index in [2.05, 4.69) is 30.3 Å². The number of halogens is 2. The first-order valence-electron chi connectivity index (χ1n) is 7.54. The van der Waals surface area contributed by atoms with Crippen molar-refractivity contribution in [2.75, 3.05) is 0 Å². The summed E-state index contributed by atoms with van der Waals surface area (Å²) in [4.78, 5) is 4.35. The first kappa shape index (κ1) is 15.8. The molecule has 0 aliphatic rings. The van der Waals surface area contributed by atoms with Crippen LogP contribution in [0.5, 0.6) is 5.88 Å². The zero-order valence-electron chi connectivity index (χ0n) is 13.4. The first-order chi connectivity index (χ1) is 11.0. The van der Waals surface area contributed by atoms with Gasteiger partial charge in [0, 0.05) is 17.6 Å². The third-order valence-corrected chi connectivity index (χ3v) is 4.35. The van der Waals surface area contributed by atoms with Crippen molar-refractivity contribution in [1.82, 2.24) is 9.55 Å². The summed E-state index contributed by atoms with van der Waals surface area (Å²) >= 11 is 6.15. The number of fused-ring (bicyclic) bond motifs is 1. The number of aromatic nitrogens is 2. The van der Waals surface area contributed by atoms with Gasteiger partial charge >= 0.3 is 0 Å². The summed E-state index contributed by atoms with van der Waals surface area (Å²) in [5.74, 6) is 0.248. The molecule has 0 spiro atoms. The summed E-state index contributed by atoms with van der Waals surface area (Å²) in [6.07, 6.45) is 0. The van der Waals surface area contributed by atoms with E-state index in [0.717, 1.165) is 23.0 Å². The van der Waals surface area contributed by atoms with Crippen LogP contribution < -0.4 is 4.74 Å². The Morgan fingerprint density at radius 2 is 1.91 bits per heavy atom. The molecule has 3 nitrogen and oxygen atoms in total. The standard InChI is InChI=1S/C18H18ClFN2O/c1-4-22-12(3)11(2)15-9-16(19)21-18(17(15)22)23-10-13-5-7-14(20)8-6-13/h5-9H,4,10H2,1-3H3.